The Bertz CT molecular complexity index is 585. The van der Waals surface area contributed by atoms with Gasteiger partial charge in [0.25, 0.3) is 0 Å². The van der Waals surface area contributed by atoms with Crippen LogP contribution < -0.4 is 10.6 Å². The average molecular weight is 263 g/mol. The number of hydrogen-bond donors (Lipinski definition) is 2. The molecule has 0 spiro atoms. The molecule has 0 aliphatic carbocycles. The van der Waals surface area contributed by atoms with E-state index in [1.165, 1.54) is 7.05 Å². The number of hydrogen-bond acceptors (Lipinski definition) is 3. The third-order valence-electron chi connectivity index (χ3n) is 2.71. The SMILES string of the molecule is CNc1nc(NCc2cccc(C)c2)c(F)cc1F. The first-order chi connectivity index (χ1) is 9.10. The average Bonchev–Trinajstić information content (AvgIpc) is 2.38. The van der Waals surface area contributed by atoms with Gasteiger partial charge in [-0.15, -0.1) is 0 Å². The number of aromatic nitrogens is 1. The van der Waals surface area contributed by atoms with Crippen molar-refractivity contribution in [2.45, 2.75) is 13.5 Å². The Balaban J connectivity index is 2.15. The number of halogens is 2. The highest BCUT2D eigenvalue weighted by atomic mass is 19.1. The lowest BCUT2D eigenvalue weighted by molar-refractivity contribution is 0.578. The number of rotatable bonds is 4. The van der Waals surface area contributed by atoms with Crippen molar-refractivity contribution in [2.75, 3.05) is 17.7 Å². The molecule has 1 aromatic carbocycles. The summed E-state index contributed by atoms with van der Waals surface area (Å²) in [6, 6.07) is 8.66. The lowest BCUT2D eigenvalue weighted by atomic mass is 10.1. The molecule has 0 aliphatic rings. The van der Waals surface area contributed by atoms with E-state index in [4.69, 9.17) is 0 Å². The van der Waals surface area contributed by atoms with Crippen LogP contribution >= 0.6 is 0 Å². The first-order valence-electron chi connectivity index (χ1n) is 5.93. The van der Waals surface area contributed by atoms with Gasteiger partial charge in [0.05, 0.1) is 0 Å². The van der Waals surface area contributed by atoms with Crippen LogP contribution in [0.15, 0.2) is 30.3 Å². The zero-order valence-electron chi connectivity index (χ0n) is 10.8. The van der Waals surface area contributed by atoms with Crippen molar-refractivity contribution in [3.05, 3.63) is 53.1 Å². The van der Waals surface area contributed by atoms with Crippen LogP contribution in [0.3, 0.4) is 0 Å². The standard InChI is InChI=1S/C14H15F2N3/c1-9-4-3-5-10(6-9)8-18-14-12(16)7-11(15)13(17-2)19-14/h3-7H,8H2,1-2H3,(H2,17,18,19). The van der Waals surface area contributed by atoms with Gasteiger partial charge in [0.2, 0.25) is 0 Å². The Morgan fingerprint density at radius 3 is 2.53 bits per heavy atom. The van der Waals surface area contributed by atoms with Crippen molar-refractivity contribution < 1.29 is 8.78 Å². The highest BCUT2D eigenvalue weighted by molar-refractivity contribution is 5.47. The maximum atomic E-state index is 13.6. The lowest BCUT2D eigenvalue weighted by Crippen LogP contribution is -2.07. The number of benzene rings is 1. The zero-order chi connectivity index (χ0) is 13.8. The fourth-order valence-corrected chi connectivity index (χ4v) is 1.77. The quantitative estimate of drug-likeness (QED) is 0.888. The van der Waals surface area contributed by atoms with E-state index in [-0.39, 0.29) is 11.6 Å². The molecule has 0 saturated heterocycles. The summed E-state index contributed by atoms with van der Waals surface area (Å²) >= 11 is 0. The van der Waals surface area contributed by atoms with Crippen molar-refractivity contribution in [1.29, 1.82) is 0 Å². The van der Waals surface area contributed by atoms with Crippen LogP contribution in [0.25, 0.3) is 0 Å². The number of anilines is 2. The molecule has 0 amide bonds. The van der Waals surface area contributed by atoms with Crippen LogP contribution in [0.2, 0.25) is 0 Å². The third-order valence-corrected chi connectivity index (χ3v) is 2.71. The van der Waals surface area contributed by atoms with Gasteiger partial charge in [-0.2, -0.15) is 0 Å². The van der Waals surface area contributed by atoms with E-state index in [0.717, 1.165) is 17.2 Å². The van der Waals surface area contributed by atoms with Crippen LogP contribution in [-0.4, -0.2) is 12.0 Å². The molecule has 19 heavy (non-hydrogen) atoms. The molecule has 0 aliphatic heterocycles. The van der Waals surface area contributed by atoms with Gasteiger partial charge in [-0.25, -0.2) is 13.8 Å². The van der Waals surface area contributed by atoms with Crippen molar-refractivity contribution in [2.24, 2.45) is 0 Å². The highest BCUT2D eigenvalue weighted by Gasteiger charge is 2.10. The molecule has 5 heteroatoms. The van der Waals surface area contributed by atoms with Crippen LogP contribution in [0.5, 0.6) is 0 Å². The summed E-state index contributed by atoms with van der Waals surface area (Å²) < 4.78 is 26.8. The lowest BCUT2D eigenvalue weighted by Gasteiger charge is -2.09. The Labute approximate surface area is 110 Å². The van der Waals surface area contributed by atoms with Crippen LogP contribution in [0.1, 0.15) is 11.1 Å². The van der Waals surface area contributed by atoms with Crippen molar-refractivity contribution >= 4 is 11.6 Å². The number of pyridine rings is 1. The van der Waals surface area contributed by atoms with E-state index < -0.39 is 11.6 Å². The molecular weight excluding hydrogens is 248 g/mol. The predicted octanol–water partition coefficient (Wildman–Crippen LogP) is 3.32. The van der Waals surface area contributed by atoms with Gasteiger partial charge in [-0.05, 0) is 12.5 Å². The van der Waals surface area contributed by atoms with Gasteiger partial charge in [0, 0.05) is 19.7 Å². The normalized spacial score (nSPS) is 10.3. The van der Waals surface area contributed by atoms with Crippen molar-refractivity contribution in [1.82, 2.24) is 4.98 Å². The summed E-state index contributed by atoms with van der Waals surface area (Å²) in [5.74, 6) is -1.36. The van der Waals surface area contributed by atoms with E-state index in [0.29, 0.717) is 6.54 Å². The van der Waals surface area contributed by atoms with E-state index >= 15 is 0 Å². The van der Waals surface area contributed by atoms with Gasteiger partial charge in [-0.3, -0.25) is 0 Å². The number of nitrogens with zero attached hydrogens (tertiary/aromatic N) is 1. The molecule has 1 heterocycles. The molecule has 0 bridgehead atoms. The maximum absolute atomic E-state index is 13.6. The van der Waals surface area contributed by atoms with Crippen LogP contribution in [0.4, 0.5) is 20.4 Å². The summed E-state index contributed by atoms with van der Waals surface area (Å²) in [6.45, 7) is 2.42. The molecule has 0 atom stereocenters. The second kappa shape index (κ2) is 5.65. The molecule has 0 unspecified atom stereocenters. The van der Waals surface area contributed by atoms with Gasteiger partial charge >= 0.3 is 0 Å². The van der Waals surface area contributed by atoms with Gasteiger partial charge in [-0.1, -0.05) is 29.8 Å². The zero-order valence-corrected chi connectivity index (χ0v) is 10.8. The number of nitrogens with one attached hydrogen (secondary N) is 2. The molecule has 3 nitrogen and oxygen atoms in total. The van der Waals surface area contributed by atoms with E-state index in [2.05, 4.69) is 15.6 Å². The fraction of sp³-hybridized carbons (Fsp3) is 0.214. The predicted molar refractivity (Wildman–Crippen MR) is 72.2 cm³/mol. The Morgan fingerprint density at radius 2 is 1.84 bits per heavy atom. The molecule has 2 rings (SSSR count). The minimum absolute atomic E-state index is 0.0214. The topological polar surface area (TPSA) is 37.0 Å². The van der Waals surface area contributed by atoms with E-state index in [1.54, 1.807) is 0 Å². The Kier molecular flexibility index (Phi) is 3.94. The fourth-order valence-electron chi connectivity index (χ4n) is 1.77. The largest absolute Gasteiger partial charge is 0.371 e. The second-order valence-electron chi connectivity index (χ2n) is 4.24. The molecule has 0 saturated carbocycles. The Morgan fingerprint density at radius 1 is 1.11 bits per heavy atom. The van der Waals surface area contributed by atoms with Crippen molar-refractivity contribution in [3.8, 4) is 0 Å². The molecule has 2 aromatic rings. The smallest absolute Gasteiger partial charge is 0.168 e. The maximum Gasteiger partial charge on any atom is 0.168 e. The summed E-state index contributed by atoms with van der Waals surface area (Å²) in [5, 5.41) is 5.44. The summed E-state index contributed by atoms with van der Waals surface area (Å²) in [5.41, 5.74) is 2.14. The first-order valence-corrected chi connectivity index (χ1v) is 5.93. The van der Waals surface area contributed by atoms with E-state index in [9.17, 15) is 8.78 Å². The van der Waals surface area contributed by atoms with Crippen molar-refractivity contribution in [3.63, 3.8) is 0 Å². The minimum Gasteiger partial charge on any atom is -0.371 e. The highest BCUT2D eigenvalue weighted by Crippen LogP contribution is 2.19. The second-order valence-corrected chi connectivity index (χ2v) is 4.24. The minimum atomic E-state index is -0.707. The number of aryl methyl sites for hydroxylation is 1. The molecule has 2 N–H and O–H groups in total. The van der Waals surface area contributed by atoms with Gasteiger partial charge < -0.3 is 10.6 Å². The summed E-state index contributed by atoms with van der Waals surface area (Å²) in [6.07, 6.45) is 0. The third kappa shape index (κ3) is 3.19. The first kappa shape index (κ1) is 13.3. The van der Waals surface area contributed by atoms with Gasteiger partial charge in [0.15, 0.2) is 23.3 Å². The molecule has 0 fully saturated rings. The van der Waals surface area contributed by atoms with Gasteiger partial charge in [0.1, 0.15) is 0 Å². The molecule has 0 radical (unpaired) electrons. The van der Waals surface area contributed by atoms with Crippen LogP contribution in [-0.2, 0) is 6.54 Å². The molecule has 100 valence electrons. The van der Waals surface area contributed by atoms with Crippen LogP contribution in [0, 0.1) is 18.6 Å². The summed E-state index contributed by atoms with van der Waals surface area (Å²) in [4.78, 5) is 3.86. The Hall–Kier alpha value is -2.17. The molecular formula is C14H15F2N3. The summed E-state index contributed by atoms with van der Waals surface area (Å²) in [7, 11) is 1.54. The monoisotopic (exact) mass is 263 g/mol. The van der Waals surface area contributed by atoms with E-state index in [1.807, 2.05) is 31.2 Å². The molecule has 1 aromatic heterocycles.